The van der Waals surface area contributed by atoms with Gasteiger partial charge in [-0.05, 0) is 73.6 Å². The third-order valence-electron chi connectivity index (χ3n) is 7.17. The summed E-state index contributed by atoms with van der Waals surface area (Å²) in [7, 11) is 1.83. The van der Waals surface area contributed by atoms with Crippen LogP contribution in [0.1, 0.15) is 77.7 Å². The molecule has 1 aliphatic carbocycles. The number of methoxy groups -OCH3 is 1. The number of hydrogen-bond acceptors (Lipinski definition) is 3. The molecule has 28 heavy (non-hydrogen) atoms. The zero-order chi connectivity index (χ0) is 20.1. The summed E-state index contributed by atoms with van der Waals surface area (Å²) in [5, 5.41) is 0. The predicted molar refractivity (Wildman–Crippen MR) is 121 cm³/mol. The Kier molecular flexibility index (Phi) is 7.31. The van der Waals surface area contributed by atoms with Gasteiger partial charge < -0.3 is 9.64 Å². The molecule has 0 bridgehead atoms. The third-order valence-corrected chi connectivity index (χ3v) is 7.17. The van der Waals surface area contributed by atoms with Crippen molar-refractivity contribution in [3.63, 3.8) is 0 Å². The van der Waals surface area contributed by atoms with Gasteiger partial charge in [0.25, 0.3) is 0 Å². The average molecular weight is 387 g/mol. The molecule has 3 rings (SSSR count). The summed E-state index contributed by atoms with van der Waals surface area (Å²) in [4.78, 5) is 5.12. The molecule has 2 fully saturated rings. The van der Waals surface area contributed by atoms with Crippen LogP contribution in [0.25, 0.3) is 0 Å². The van der Waals surface area contributed by atoms with Crippen LogP contribution < -0.4 is 9.64 Å². The first-order valence-corrected chi connectivity index (χ1v) is 11.6. The van der Waals surface area contributed by atoms with E-state index in [1.165, 1.54) is 69.4 Å². The molecule has 0 atom stereocenters. The number of ether oxygens (including phenoxy) is 1. The van der Waals surface area contributed by atoms with E-state index in [4.69, 9.17) is 4.74 Å². The van der Waals surface area contributed by atoms with Crippen LogP contribution in [-0.2, 0) is 0 Å². The van der Waals surface area contributed by atoms with Gasteiger partial charge in [-0.25, -0.2) is 0 Å². The Morgan fingerprint density at radius 3 is 2.25 bits per heavy atom. The van der Waals surface area contributed by atoms with Gasteiger partial charge in [0.05, 0.1) is 12.8 Å². The number of rotatable bonds is 6. The van der Waals surface area contributed by atoms with E-state index in [9.17, 15) is 0 Å². The van der Waals surface area contributed by atoms with E-state index in [0.29, 0.717) is 11.3 Å². The molecule has 0 unspecified atom stereocenters. The minimum Gasteiger partial charge on any atom is -0.495 e. The molecule has 3 heteroatoms. The summed E-state index contributed by atoms with van der Waals surface area (Å²) in [6.07, 6.45) is 7.96. The smallest absolute Gasteiger partial charge is 0.142 e. The molecule has 2 aliphatic rings. The molecular weight excluding hydrogens is 344 g/mol. The maximum absolute atomic E-state index is 5.84. The molecule has 0 spiro atoms. The van der Waals surface area contributed by atoms with Gasteiger partial charge in [0.15, 0.2) is 0 Å². The van der Waals surface area contributed by atoms with E-state index in [1.807, 2.05) is 7.11 Å². The summed E-state index contributed by atoms with van der Waals surface area (Å²) in [6, 6.07) is 7.04. The highest BCUT2D eigenvalue weighted by atomic mass is 16.5. The highest BCUT2D eigenvalue weighted by Crippen LogP contribution is 2.44. The van der Waals surface area contributed by atoms with Crippen LogP contribution >= 0.6 is 0 Å². The summed E-state index contributed by atoms with van der Waals surface area (Å²) in [6.45, 7) is 15.3. The van der Waals surface area contributed by atoms with E-state index < -0.39 is 0 Å². The van der Waals surface area contributed by atoms with Gasteiger partial charge in [0, 0.05) is 26.2 Å². The van der Waals surface area contributed by atoms with Crippen molar-refractivity contribution in [2.75, 3.05) is 44.7 Å². The second-order valence-electron chi connectivity index (χ2n) is 10.0. The first kappa shape index (κ1) is 21.5. The first-order valence-electron chi connectivity index (χ1n) is 11.6. The predicted octanol–water partition coefficient (Wildman–Crippen LogP) is 5.94. The largest absolute Gasteiger partial charge is 0.495 e. The Morgan fingerprint density at radius 2 is 1.68 bits per heavy atom. The second-order valence-corrected chi connectivity index (χ2v) is 10.0. The van der Waals surface area contributed by atoms with Crippen LogP contribution in [0.15, 0.2) is 18.2 Å². The molecule has 1 saturated carbocycles. The highest BCUT2D eigenvalue weighted by Gasteiger charge is 2.30. The number of benzene rings is 1. The lowest BCUT2D eigenvalue weighted by molar-refractivity contribution is 0.169. The lowest BCUT2D eigenvalue weighted by Gasteiger charge is -2.38. The third kappa shape index (κ3) is 5.23. The minimum absolute atomic E-state index is 0.450. The number of anilines is 1. The zero-order valence-electron chi connectivity index (χ0n) is 19.0. The molecule has 1 saturated heterocycles. The van der Waals surface area contributed by atoms with Crippen molar-refractivity contribution in [2.24, 2.45) is 11.3 Å². The molecular formula is C25H42N2O. The Labute approximate surface area is 173 Å². The molecule has 0 radical (unpaired) electrons. The fourth-order valence-electron chi connectivity index (χ4n) is 5.10. The van der Waals surface area contributed by atoms with Gasteiger partial charge in [0.2, 0.25) is 0 Å². The van der Waals surface area contributed by atoms with Crippen molar-refractivity contribution >= 4 is 5.69 Å². The topological polar surface area (TPSA) is 15.7 Å². The monoisotopic (exact) mass is 386 g/mol. The molecule has 0 N–H and O–H groups in total. The normalized spacial score (nSPS) is 24.4. The number of piperazine rings is 1. The van der Waals surface area contributed by atoms with E-state index in [-0.39, 0.29) is 0 Å². The maximum Gasteiger partial charge on any atom is 0.142 e. The summed E-state index contributed by atoms with van der Waals surface area (Å²) >= 11 is 0. The van der Waals surface area contributed by atoms with Crippen LogP contribution in [0.3, 0.4) is 0 Å². The van der Waals surface area contributed by atoms with Crippen molar-refractivity contribution in [2.45, 2.75) is 72.1 Å². The number of nitrogens with zero attached hydrogens (tertiary/aromatic N) is 2. The second kappa shape index (κ2) is 9.52. The zero-order valence-corrected chi connectivity index (χ0v) is 19.0. The fourth-order valence-corrected chi connectivity index (χ4v) is 5.10. The molecule has 1 heterocycles. The highest BCUT2D eigenvalue weighted by molar-refractivity contribution is 5.60. The van der Waals surface area contributed by atoms with Crippen molar-refractivity contribution in [1.82, 2.24) is 4.90 Å². The Bertz CT molecular complexity index is 605. The van der Waals surface area contributed by atoms with E-state index in [0.717, 1.165) is 24.8 Å². The standard InChI is InChI=1S/C25H42N2O/c1-6-7-14-26-15-17-27(18-16-26)23-13-10-21(19-24(23)28-5)20-8-11-22(12-9-20)25(2,3)4/h10,13,19-20,22H,6-9,11-12,14-18H2,1-5H3. The maximum atomic E-state index is 5.84. The van der Waals surface area contributed by atoms with Gasteiger partial charge in [-0.15, -0.1) is 0 Å². The van der Waals surface area contributed by atoms with Crippen molar-refractivity contribution in [3.05, 3.63) is 23.8 Å². The van der Waals surface area contributed by atoms with Gasteiger partial charge in [-0.2, -0.15) is 0 Å². The van der Waals surface area contributed by atoms with Gasteiger partial charge in [-0.1, -0.05) is 40.2 Å². The molecule has 1 aromatic rings. The molecule has 0 amide bonds. The van der Waals surface area contributed by atoms with Crippen LogP contribution in [0.5, 0.6) is 5.75 Å². The van der Waals surface area contributed by atoms with E-state index >= 15 is 0 Å². The van der Waals surface area contributed by atoms with Crippen LogP contribution in [0.4, 0.5) is 5.69 Å². The Balaban J connectivity index is 1.62. The summed E-state index contributed by atoms with van der Waals surface area (Å²) in [5.41, 5.74) is 3.21. The number of hydrogen-bond donors (Lipinski definition) is 0. The molecule has 0 aromatic heterocycles. The summed E-state index contributed by atoms with van der Waals surface area (Å²) in [5.74, 6) is 2.64. The van der Waals surface area contributed by atoms with E-state index in [1.54, 1.807) is 0 Å². The van der Waals surface area contributed by atoms with Crippen molar-refractivity contribution < 1.29 is 4.74 Å². The van der Waals surface area contributed by atoms with Crippen LogP contribution in [0, 0.1) is 11.3 Å². The lowest BCUT2D eigenvalue weighted by atomic mass is 9.68. The molecule has 1 aliphatic heterocycles. The van der Waals surface area contributed by atoms with Gasteiger partial charge in [0.1, 0.15) is 5.75 Å². The van der Waals surface area contributed by atoms with Gasteiger partial charge in [-0.3, -0.25) is 4.90 Å². The molecule has 1 aromatic carbocycles. The first-order chi connectivity index (χ1) is 13.4. The number of unbranched alkanes of at least 4 members (excludes halogenated alkanes) is 1. The van der Waals surface area contributed by atoms with E-state index in [2.05, 4.69) is 55.7 Å². The molecule has 3 nitrogen and oxygen atoms in total. The quantitative estimate of drug-likeness (QED) is 0.602. The van der Waals surface area contributed by atoms with Crippen molar-refractivity contribution in [1.29, 1.82) is 0 Å². The minimum atomic E-state index is 0.450. The Hall–Kier alpha value is -1.22. The van der Waals surface area contributed by atoms with Crippen LogP contribution in [-0.4, -0.2) is 44.7 Å². The van der Waals surface area contributed by atoms with Crippen LogP contribution in [0.2, 0.25) is 0 Å². The Morgan fingerprint density at radius 1 is 1.00 bits per heavy atom. The molecule has 158 valence electrons. The average Bonchev–Trinajstić information content (AvgIpc) is 2.71. The fraction of sp³-hybridized carbons (Fsp3) is 0.760. The summed E-state index contributed by atoms with van der Waals surface area (Å²) < 4.78 is 5.84. The van der Waals surface area contributed by atoms with Gasteiger partial charge >= 0.3 is 0 Å². The SMILES string of the molecule is CCCCN1CCN(c2ccc(C3CCC(C(C)(C)C)CC3)cc2OC)CC1. The van der Waals surface area contributed by atoms with Crippen molar-refractivity contribution in [3.8, 4) is 5.75 Å². The lowest BCUT2D eigenvalue weighted by Crippen LogP contribution is -2.46.